The topological polar surface area (TPSA) is 131 Å². The number of carbonyl (C=O) groups excluding carboxylic acids is 1. The van der Waals surface area contributed by atoms with Crippen LogP contribution in [0.4, 0.5) is 0 Å². The molecule has 1 saturated heterocycles. The molecule has 1 aliphatic rings. The predicted molar refractivity (Wildman–Crippen MR) is 88.0 cm³/mol. The summed E-state index contributed by atoms with van der Waals surface area (Å²) in [5.41, 5.74) is -0.327. The summed E-state index contributed by atoms with van der Waals surface area (Å²) in [5, 5.41) is 16.8. The molecule has 0 saturated carbocycles. The Labute approximate surface area is 149 Å². The van der Waals surface area contributed by atoms with E-state index < -0.39 is 21.9 Å². The van der Waals surface area contributed by atoms with Gasteiger partial charge >= 0.3 is 5.97 Å². The summed E-state index contributed by atoms with van der Waals surface area (Å²) in [5.74, 6) is -1.76. The smallest absolute Gasteiger partial charge is 0.357 e. The second-order valence-electron chi connectivity index (χ2n) is 5.92. The molecule has 0 spiro atoms. The van der Waals surface area contributed by atoms with Crippen molar-refractivity contribution in [2.45, 2.75) is 4.90 Å². The van der Waals surface area contributed by atoms with Gasteiger partial charge in [0, 0.05) is 52.7 Å². The summed E-state index contributed by atoms with van der Waals surface area (Å²) < 4.78 is 29.1. The molecule has 26 heavy (non-hydrogen) atoms. The minimum absolute atomic E-state index is 0.0106. The van der Waals surface area contributed by atoms with E-state index in [1.165, 1.54) is 44.2 Å². The number of carboxylic acid groups (broad SMARTS) is 1. The first-order valence-electron chi connectivity index (χ1n) is 7.75. The molecule has 0 aliphatic carbocycles. The molecule has 11 nitrogen and oxygen atoms in total. The van der Waals surface area contributed by atoms with Gasteiger partial charge in [0.15, 0.2) is 5.69 Å². The lowest BCUT2D eigenvalue weighted by Gasteiger charge is -2.33. The van der Waals surface area contributed by atoms with E-state index in [2.05, 4.69) is 10.2 Å². The van der Waals surface area contributed by atoms with Crippen LogP contribution in [0.1, 0.15) is 20.8 Å². The number of carboxylic acids is 1. The van der Waals surface area contributed by atoms with Gasteiger partial charge in [-0.25, -0.2) is 13.2 Å². The maximum absolute atomic E-state index is 12.6. The number of amides is 1. The molecule has 1 fully saturated rings. The molecule has 0 atom stereocenters. The van der Waals surface area contributed by atoms with Gasteiger partial charge in [-0.05, 0) is 0 Å². The van der Waals surface area contributed by atoms with Crippen molar-refractivity contribution in [2.75, 3.05) is 26.2 Å². The number of nitrogens with zero attached hydrogens (tertiary/aromatic N) is 6. The molecule has 1 N–H and O–H groups in total. The third-order valence-corrected chi connectivity index (χ3v) is 5.96. The summed E-state index contributed by atoms with van der Waals surface area (Å²) >= 11 is 0. The molecule has 0 radical (unpaired) electrons. The summed E-state index contributed by atoms with van der Waals surface area (Å²) in [4.78, 5) is 25.3. The standard InChI is InChI=1S/C14H18N6O5S/c1-17-8-10(7-15-17)26(24,25)20-5-3-19(4-6-20)13(21)11-9-18(2)16-12(11)14(22)23/h7-9H,3-6H2,1-2H3,(H,22,23). The first-order valence-corrected chi connectivity index (χ1v) is 9.19. The Morgan fingerprint density at radius 2 is 1.73 bits per heavy atom. The normalized spacial score (nSPS) is 16.0. The average Bonchev–Trinajstić information content (AvgIpc) is 3.20. The molecular formula is C14H18N6O5S. The lowest BCUT2D eigenvalue weighted by Crippen LogP contribution is -2.50. The van der Waals surface area contributed by atoms with Gasteiger partial charge in [0.05, 0.1) is 11.8 Å². The van der Waals surface area contributed by atoms with Crippen LogP contribution < -0.4 is 0 Å². The lowest BCUT2D eigenvalue weighted by atomic mass is 10.2. The van der Waals surface area contributed by atoms with Crippen LogP contribution in [0.15, 0.2) is 23.5 Å². The highest BCUT2D eigenvalue weighted by molar-refractivity contribution is 7.89. The van der Waals surface area contributed by atoms with E-state index in [-0.39, 0.29) is 42.3 Å². The van der Waals surface area contributed by atoms with Gasteiger partial charge in [-0.1, -0.05) is 0 Å². The first kappa shape index (κ1) is 18.1. The molecule has 1 aliphatic heterocycles. The maximum atomic E-state index is 12.6. The summed E-state index contributed by atoms with van der Waals surface area (Å²) in [6.45, 7) is 0.551. The average molecular weight is 382 g/mol. The maximum Gasteiger partial charge on any atom is 0.357 e. The minimum atomic E-state index is -3.67. The number of rotatable bonds is 4. The van der Waals surface area contributed by atoms with Crippen molar-refractivity contribution in [1.29, 1.82) is 0 Å². The van der Waals surface area contributed by atoms with E-state index in [1.807, 2.05) is 0 Å². The van der Waals surface area contributed by atoms with Crippen molar-refractivity contribution in [3.05, 3.63) is 29.8 Å². The van der Waals surface area contributed by atoms with Crippen molar-refractivity contribution < 1.29 is 23.1 Å². The van der Waals surface area contributed by atoms with E-state index in [1.54, 1.807) is 7.05 Å². The van der Waals surface area contributed by atoms with Crippen LogP contribution in [-0.4, -0.2) is 80.3 Å². The van der Waals surface area contributed by atoms with Crippen LogP contribution in [0.5, 0.6) is 0 Å². The van der Waals surface area contributed by atoms with Gasteiger partial charge in [0.2, 0.25) is 10.0 Å². The molecule has 1 amide bonds. The van der Waals surface area contributed by atoms with Crippen LogP contribution in [0.2, 0.25) is 0 Å². The summed E-state index contributed by atoms with van der Waals surface area (Å²) in [6.07, 6.45) is 4.05. The number of sulfonamides is 1. The van der Waals surface area contributed by atoms with Crippen molar-refractivity contribution in [3.63, 3.8) is 0 Å². The molecule has 2 aromatic rings. The highest BCUT2D eigenvalue weighted by atomic mass is 32.2. The second kappa shape index (κ2) is 6.53. The van der Waals surface area contributed by atoms with E-state index in [9.17, 15) is 18.0 Å². The number of aryl methyl sites for hydroxylation is 2. The number of aromatic carboxylic acids is 1. The molecule has 3 heterocycles. The molecule has 0 unspecified atom stereocenters. The Balaban J connectivity index is 1.73. The van der Waals surface area contributed by atoms with Crippen LogP contribution in [0.3, 0.4) is 0 Å². The fourth-order valence-electron chi connectivity index (χ4n) is 2.79. The number of piperazine rings is 1. The molecule has 140 valence electrons. The Bertz CT molecular complexity index is 954. The van der Waals surface area contributed by atoms with Crippen LogP contribution in [-0.2, 0) is 24.1 Å². The highest BCUT2D eigenvalue weighted by Crippen LogP contribution is 2.18. The van der Waals surface area contributed by atoms with Crippen molar-refractivity contribution in [1.82, 2.24) is 28.8 Å². The molecule has 0 bridgehead atoms. The van der Waals surface area contributed by atoms with Crippen molar-refractivity contribution in [2.24, 2.45) is 14.1 Å². The first-order chi connectivity index (χ1) is 12.2. The fraction of sp³-hybridized carbons (Fsp3) is 0.429. The third-order valence-electron chi connectivity index (χ3n) is 4.11. The lowest BCUT2D eigenvalue weighted by molar-refractivity contribution is 0.0652. The third kappa shape index (κ3) is 3.20. The van der Waals surface area contributed by atoms with Gasteiger partial charge in [-0.2, -0.15) is 14.5 Å². The Morgan fingerprint density at radius 1 is 1.08 bits per heavy atom. The van der Waals surface area contributed by atoms with Gasteiger partial charge < -0.3 is 10.0 Å². The quantitative estimate of drug-likeness (QED) is 0.717. The highest BCUT2D eigenvalue weighted by Gasteiger charge is 2.33. The number of aromatic nitrogens is 4. The van der Waals surface area contributed by atoms with E-state index in [0.717, 1.165) is 0 Å². The number of hydrogen-bond acceptors (Lipinski definition) is 6. The van der Waals surface area contributed by atoms with Gasteiger partial charge in [0.1, 0.15) is 4.90 Å². The zero-order valence-electron chi connectivity index (χ0n) is 14.2. The largest absolute Gasteiger partial charge is 0.476 e. The van der Waals surface area contributed by atoms with Gasteiger partial charge in [-0.3, -0.25) is 14.2 Å². The van der Waals surface area contributed by atoms with Crippen molar-refractivity contribution in [3.8, 4) is 0 Å². The van der Waals surface area contributed by atoms with E-state index >= 15 is 0 Å². The Kier molecular flexibility index (Phi) is 4.54. The minimum Gasteiger partial charge on any atom is -0.476 e. The van der Waals surface area contributed by atoms with Crippen LogP contribution in [0, 0.1) is 0 Å². The molecule has 12 heteroatoms. The summed E-state index contributed by atoms with van der Waals surface area (Å²) in [6, 6.07) is 0. The molecule has 3 rings (SSSR count). The van der Waals surface area contributed by atoms with Crippen LogP contribution in [0.25, 0.3) is 0 Å². The number of hydrogen-bond donors (Lipinski definition) is 1. The Morgan fingerprint density at radius 3 is 2.27 bits per heavy atom. The summed E-state index contributed by atoms with van der Waals surface area (Å²) in [7, 11) is -0.513. The van der Waals surface area contributed by atoms with E-state index in [0.29, 0.717) is 0 Å². The zero-order valence-corrected chi connectivity index (χ0v) is 15.0. The number of carbonyl (C=O) groups is 2. The molecular weight excluding hydrogens is 364 g/mol. The van der Waals surface area contributed by atoms with Crippen molar-refractivity contribution >= 4 is 21.9 Å². The van der Waals surface area contributed by atoms with Crippen LogP contribution >= 0.6 is 0 Å². The Hall–Kier alpha value is -2.73. The zero-order chi connectivity index (χ0) is 19.1. The van der Waals surface area contributed by atoms with Gasteiger partial charge in [-0.15, -0.1) is 0 Å². The van der Waals surface area contributed by atoms with E-state index in [4.69, 9.17) is 5.11 Å². The predicted octanol–water partition coefficient (Wildman–Crippen LogP) is -1.00. The molecule has 2 aromatic heterocycles. The second-order valence-corrected chi connectivity index (χ2v) is 7.85. The molecule has 0 aromatic carbocycles. The monoisotopic (exact) mass is 382 g/mol. The fourth-order valence-corrected chi connectivity index (χ4v) is 4.19. The SMILES string of the molecule is Cn1cc(S(=O)(=O)N2CCN(C(=O)c3cn(C)nc3C(=O)O)CC2)cn1. The van der Waals surface area contributed by atoms with Gasteiger partial charge in [0.25, 0.3) is 5.91 Å².